The van der Waals surface area contributed by atoms with Crippen LogP contribution in [0.2, 0.25) is 0 Å². The summed E-state index contributed by atoms with van der Waals surface area (Å²) >= 11 is 0. The smallest absolute Gasteiger partial charge is 0.255 e. The molecule has 0 spiro atoms. The second-order valence-corrected chi connectivity index (χ2v) is 7.50. The van der Waals surface area contributed by atoms with Crippen molar-refractivity contribution in [3.63, 3.8) is 0 Å². The van der Waals surface area contributed by atoms with Gasteiger partial charge in [-0.3, -0.25) is 9.78 Å². The van der Waals surface area contributed by atoms with E-state index in [1.165, 1.54) is 0 Å². The molecule has 2 saturated heterocycles. The van der Waals surface area contributed by atoms with E-state index < -0.39 is 0 Å². The Morgan fingerprint density at radius 2 is 2.04 bits per heavy atom. The third kappa shape index (κ3) is 4.42. The standard InChI is InChI=1S/C21H27N5O2/c1-16-15-26(12-9-23-16)20-5-4-17(13-24-20)21(27)25-10-6-18(7-11-25)28-19-3-2-8-22-14-19/h2-5,8,13-14,16,18,23H,6-7,9-12,15H2,1H3/t16-/m0/s1. The monoisotopic (exact) mass is 381 g/mol. The van der Waals surface area contributed by atoms with Gasteiger partial charge in [0.25, 0.3) is 5.91 Å². The molecule has 0 radical (unpaired) electrons. The molecule has 0 saturated carbocycles. The third-order valence-electron chi connectivity index (χ3n) is 5.35. The zero-order valence-electron chi connectivity index (χ0n) is 16.3. The van der Waals surface area contributed by atoms with E-state index in [-0.39, 0.29) is 12.0 Å². The topological polar surface area (TPSA) is 70.6 Å². The Kier molecular flexibility index (Phi) is 5.71. The van der Waals surface area contributed by atoms with Crippen molar-refractivity contribution in [3.05, 3.63) is 48.4 Å². The Morgan fingerprint density at radius 1 is 1.18 bits per heavy atom. The highest BCUT2D eigenvalue weighted by molar-refractivity contribution is 5.94. The Labute approximate surface area is 165 Å². The van der Waals surface area contributed by atoms with Gasteiger partial charge in [-0.05, 0) is 31.2 Å². The molecule has 0 aliphatic carbocycles. The number of piperazine rings is 1. The summed E-state index contributed by atoms with van der Waals surface area (Å²) < 4.78 is 5.96. The van der Waals surface area contributed by atoms with Crippen molar-refractivity contribution in [1.29, 1.82) is 0 Å². The molecule has 4 heterocycles. The minimum Gasteiger partial charge on any atom is -0.489 e. The molecule has 28 heavy (non-hydrogen) atoms. The number of hydrogen-bond acceptors (Lipinski definition) is 6. The highest BCUT2D eigenvalue weighted by Crippen LogP contribution is 2.20. The van der Waals surface area contributed by atoms with Crippen molar-refractivity contribution in [2.24, 2.45) is 0 Å². The van der Waals surface area contributed by atoms with E-state index in [1.807, 2.05) is 29.2 Å². The number of rotatable bonds is 4. The van der Waals surface area contributed by atoms with Gasteiger partial charge in [0.2, 0.25) is 0 Å². The van der Waals surface area contributed by atoms with Crippen LogP contribution in [-0.4, -0.2) is 65.6 Å². The maximum absolute atomic E-state index is 12.8. The SMILES string of the molecule is C[C@H]1CN(c2ccc(C(=O)N3CCC(Oc4cccnc4)CC3)cn2)CCN1. The lowest BCUT2D eigenvalue weighted by Crippen LogP contribution is -2.49. The zero-order valence-corrected chi connectivity index (χ0v) is 16.3. The number of likely N-dealkylation sites (tertiary alicyclic amines) is 1. The molecule has 148 valence electrons. The first-order valence-electron chi connectivity index (χ1n) is 9.99. The lowest BCUT2D eigenvalue weighted by molar-refractivity contribution is 0.0594. The molecule has 2 aliphatic rings. The maximum Gasteiger partial charge on any atom is 0.255 e. The van der Waals surface area contributed by atoms with Crippen LogP contribution in [0.3, 0.4) is 0 Å². The molecule has 0 bridgehead atoms. The highest BCUT2D eigenvalue weighted by Gasteiger charge is 2.25. The van der Waals surface area contributed by atoms with Crippen LogP contribution in [0.4, 0.5) is 5.82 Å². The van der Waals surface area contributed by atoms with Crippen molar-refractivity contribution >= 4 is 11.7 Å². The van der Waals surface area contributed by atoms with Crippen LogP contribution >= 0.6 is 0 Å². The van der Waals surface area contributed by atoms with Crippen LogP contribution in [0.15, 0.2) is 42.9 Å². The van der Waals surface area contributed by atoms with Gasteiger partial charge in [0.05, 0.1) is 11.8 Å². The van der Waals surface area contributed by atoms with Crippen LogP contribution in [0.1, 0.15) is 30.1 Å². The van der Waals surface area contributed by atoms with Gasteiger partial charge in [0.1, 0.15) is 17.7 Å². The summed E-state index contributed by atoms with van der Waals surface area (Å²) in [5.74, 6) is 1.77. The first-order valence-corrected chi connectivity index (χ1v) is 9.99. The fraction of sp³-hybridized carbons (Fsp3) is 0.476. The number of hydrogen-bond donors (Lipinski definition) is 1. The number of aromatic nitrogens is 2. The Morgan fingerprint density at radius 3 is 2.71 bits per heavy atom. The number of ether oxygens (including phenoxy) is 1. The Balaban J connectivity index is 1.31. The fourth-order valence-corrected chi connectivity index (χ4v) is 3.81. The summed E-state index contributed by atoms with van der Waals surface area (Å²) in [7, 11) is 0. The van der Waals surface area contributed by atoms with E-state index in [0.717, 1.165) is 44.0 Å². The number of amides is 1. The van der Waals surface area contributed by atoms with E-state index in [4.69, 9.17) is 4.74 Å². The number of carbonyl (C=O) groups is 1. The minimum atomic E-state index is 0.0487. The summed E-state index contributed by atoms with van der Waals surface area (Å²) in [6, 6.07) is 8.09. The molecule has 4 rings (SSSR count). The first kappa shape index (κ1) is 18.7. The number of piperidine rings is 1. The molecule has 1 amide bonds. The van der Waals surface area contributed by atoms with Crippen LogP contribution in [0.25, 0.3) is 0 Å². The summed E-state index contributed by atoms with van der Waals surface area (Å²) in [6.45, 7) is 6.40. The van der Waals surface area contributed by atoms with E-state index >= 15 is 0 Å². The average Bonchev–Trinajstić information content (AvgIpc) is 2.75. The Hall–Kier alpha value is -2.67. The molecule has 1 N–H and O–H groups in total. The molecule has 2 aromatic heterocycles. The molecule has 2 aromatic rings. The van der Waals surface area contributed by atoms with Crippen molar-refractivity contribution in [2.45, 2.75) is 31.9 Å². The normalized spacial score (nSPS) is 20.8. The average molecular weight is 381 g/mol. The molecule has 7 heteroatoms. The molecule has 0 unspecified atom stereocenters. The predicted octanol–water partition coefficient (Wildman–Crippen LogP) is 1.96. The van der Waals surface area contributed by atoms with Gasteiger partial charge >= 0.3 is 0 Å². The van der Waals surface area contributed by atoms with Crippen LogP contribution < -0.4 is 15.0 Å². The number of nitrogens with zero attached hydrogens (tertiary/aromatic N) is 4. The van der Waals surface area contributed by atoms with Crippen molar-refractivity contribution in [1.82, 2.24) is 20.2 Å². The van der Waals surface area contributed by atoms with Crippen LogP contribution in [0, 0.1) is 0 Å². The van der Waals surface area contributed by atoms with Gasteiger partial charge < -0.3 is 19.9 Å². The Bertz CT molecular complexity index is 775. The highest BCUT2D eigenvalue weighted by atomic mass is 16.5. The molecule has 0 aromatic carbocycles. The van der Waals surface area contributed by atoms with Gasteiger partial charge in [-0.15, -0.1) is 0 Å². The van der Waals surface area contributed by atoms with Crippen molar-refractivity contribution < 1.29 is 9.53 Å². The number of anilines is 1. The van der Waals surface area contributed by atoms with Crippen molar-refractivity contribution in [2.75, 3.05) is 37.6 Å². The van der Waals surface area contributed by atoms with E-state index in [0.29, 0.717) is 24.7 Å². The molecule has 7 nitrogen and oxygen atoms in total. The second-order valence-electron chi connectivity index (χ2n) is 7.50. The zero-order chi connectivity index (χ0) is 19.3. The lowest BCUT2D eigenvalue weighted by atomic mass is 10.1. The maximum atomic E-state index is 12.8. The molecular weight excluding hydrogens is 354 g/mol. The van der Waals surface area contributed by atoms with Gasteiger partial charge in [0, 0.05) is 64.0 Å². The quantitative estimate of drug-likeness (QED) is 0.873. The number of pyridine rings is 2. The van der Waals surface area contributed by atoms with Crippen LogP contribution in [0.5, 0.6) is 5.75 Å². The molecule has 2 fully saturated rings. The van der Waals surface area contributed by atoms with Gasteiger partial charge in [-0.2, -0.15) is 0 Å². The molecule has 1 atom stereocenters. The van der Waals surface area contributed by atoms with E-state index in [2.05, 4.69) is 27.1 Å². The first-order chi connectivity index (χ1) is 13.7. The van der Waals surface area contributed by atoms with Gasteiger partial charge in [0.15, 0.2) is 0 Å². The second kappa shape index (κ2) is 8.56. The van der Waals surface area contributed by atoms with E-state index in [9.17, 15) is 4.79 Å². The summed E-state index contributed by atoms with van der Waals surface area (Å²) in [5.41, 5.74) is 0.651. The minimum absolute atomic E-state index is 0.0487. The predicted molar refractivity (Wildman–Crippen MR) is 108 cm³/mol. The summed E-state index contributed by atoms with van der Waals surface area (Å²) in [6.07, 6.45) is 6.95. The van der Waals surface area contributed by atoms with E-state index in [1.54, 1.807) is 18.6 Å². The fourth-order valence-electron chi connectivity index (χ4n) is 3.81. The van der Waals surface area contributed by atoms with Gasteiger partial charge in [-0.25, -0.2) is 4.98 Å². The van der Waals surface area contributed by atoms with Gasteiger partial charge in [-0.1, -0.05) is 0 Å². The number of nitrogens with one attached hydrogen (secondary N) is 1. The van der Waals surface area contributed by atoms with Crippen LogP contribution in [-0.2, 0) is 0 Å². The lowest BCUT2D eigenvalue weighted by Gasteiger charge is -2.33. The molecular formula is C21H27N5O2. The third-order valence-corrected chi connectivity index (χ3v) is 5.35. The number of carbonyl (C=O) groups excluding carboxylic acids is 1. The molecule has 2 aliphatic heterocycles. The summed E-state index contributed by atoms with van der Waals surface area (Å²) in [4.78, 5) is 25.6. The summed E-state index contributed by atoms with van der Waals surface area (Å²) in [5, 5.41) is 3.43. The largest absolute Gasteiger partial charge is 0.489 e. The van der Waals surface area contributed by atoms with Crippen molar-refractivity contribution in [3.8, 4) is 5.75 Å².